The van der Waals surface area contributed by atoms with Crippen molar-refractivity contribution in [3.05, 3.63) is 59.9 Å². The summed E-state index contributed by atoms with van der Waals surface area (Å²) in [6.45, 7) is 3.74. The smallest absolute Gasteiger partial charge is 0.238 e. The van der Waals surface area contributed by atoms with Gasteiger partial charge in [0, 0.05) is 32.0 Å². The first-order chi connectivity index (χ1) is 11.5. The zero-order valence-electron chi connectivity index (χ0n) is 14.4. The van der Waals surface area contributed by atoms with Gasteiger partial charge in [0.25, 0.3) is 0 Å². The van der Waals surface area contributed by atoms with E-state index in [4.69, 9.17) is 0 Å². The summed E-state index contributed by atoms with van der Waals surface area (Å²) in [5.74, 6) is -0.506. The lowest BCUT2D eigenvalue weighted by Gasteiger charge is -2.20. The molecule has 0 aliphatic carbocycles. The van der Waals surface area contributed by atoms with Gasteiger partial charge < -0.3 is 10.2 Å². The predicted molar refractivity (Wildman–Crippen MR) is 96.7 cm³/mol. The van der Waals surface area contributed by atoms with Gasteiger partial charge in [0.05, 0.1) is 6.54 Å². The van der Waals surface area contributed by atoms with E-state index < -0.39 is 0 Å². The van der Waals surface area contributed by atoms with Crippen molar-refractivity contribution >= 4 is 17.3 Å². The summed E-state index contributed by atoms with van der Waals surface area (Å²) in [5.41, 5.74) is 2.78. The highest BCUT2D eigenvalue weighted by Crippen LogP contribution is 2.14. The van der Waals surface area contributed by atoms with Gasteiger partial charge in [-0.2, -0.15) is 0 Å². The molecule has 0 aromatic heterocycles. The molecule has 2 aromatic carbocycles. The van der Waals surface area contributed by atoms with E-state index >= 15 is 0 Å². The first-order valence-corrected chi connectivity index (χ1v) is 8.02. The minimum Gasteiger partial charge on any atom is -0.378 e. The second-order valence-electron chi connectivity index (χ2n) is 5.92. The number of hydrogen-bond donors (Lipinski definition) is 1. The summed E-state index contributed by atoms with van der Waals surface area (Å²) in [5, 5.41) is 2.73. The highest BCUT2D eigenvalue weighted by molar-refractivity contribution is 5.92. The van der Waals surface area contributed by atoms with Crippen LogP contribution in [-0.4, -0.2) is 38.0 Å². The molecule has 0 saturated carbocycles. The summed E-state index contributed by atoms with van der Waals surface area (Å²) in [4.78, 5) is 16.2. The number of hydrogen-bond acceptors (Lipinski definition) is 3. The van der Waals surface area contributed by atoms with Crippen molar-refractivity contribution in [2.24, 2.45) is 0 Å². The number of nitrogens with zero attached hydrogens (tertiary/aromatic N) is 2. The van der Waals surface area contributed by atoms with Crippen LogP contribution in [0, 0.1) is 5.82 Å². The van der Waals surface area contributed by atoms with Gasteiger partial charge in [-0.05, 0) is 42.4 Å². The molecule has 1 N–H and O–H groups in total. The van der Waals surface area contributed by atoms with E-state index in [1.54, 1.807) is 12.1 Å². The molecule has 0 saturated heterocycles. The highest BCUT2D eigenvalue weighted by Gasteiger charge is 2.10. The number of halogens is 1. The van der Waals surface area contributed by atoms with Crippen LogP contribution in [-0.2, 0) is 11.3 Å². The van der Waals surface area contributed by atoms with Gasteiger partial charge in [0.2, 0.25) is 5.91 Å². The van der Waals surface area contributed by atoms with Gasteiger partial charge in [-0.25, -0.2) is 4.39 Å². The zero-order valence-corrected chi connectivity index (χ0v) is 14.4. The van der Waals surface area contributed by atoms with Gasteiger partial charge in [0.15, 0.2) is 0 Å². The third-order valence-electron chi connectivity index (χ3n) is 3.78. The summed E-state index contributed by atoms with van der Waals surface area (Å²) < 4.78 is 13.2. The number of likely N-dealkylation sites (N-methyl/N-ethyl adjacent to an activating group) is 1. The molecule has 128 valence electrons. The number of benzene rings is 2. The van der Waals surface area contributed by atoms with Gasteiger partial charge in [-0.15, -0.1) is 0 Å². The molecule has 0 unspecified atom stereocenters. The first kappa shape index (κ1) is 17.9. The molecular formula is C19H24FN3O. The monoisotopic (exact) mass is 329 g/mol. The van der Waals surface area contributed by atoms with Crippen molar-refractivity contribution in [1.82, 2.24) is 4.90 Å². The number of amides is 1. The molecule has 0 aliphatic rings. The molecule has 0 heterocycles. The zero-order chi connectivity index (χ0) is 17.5. The van der Waals surface area contributed by atoms with Crippen LogP contribution in [0.4, 0.5) is 15.8 Å². The molecule has 0 fully saturated rings. The van der Waals surface area contributed by atoms with Crippen molar-refractivity contribution in [2.75, 3.05) is 37.4 Å². The van der Waals surface area contributed by atoms with Gasteiger partial charge >= 0.3 is 0 Å². The third kappa shape index (κ3) is 5.35. The largest absolute Gasteiger partial charge is 0.378 e. The second kappa shape index (κ2) is 8.45. The summed E-state index contributed by atoms with van der Waals surface area (Å²) in [6, 6.07) is 14.2. The number of carbonyl (C=O) groups excluding carboxylic acids is 1. The van der Waals surface area contributed by atoms with Crippen LogP contribution in [0.3, 0.4) is 0 Å². The summed E-state index contributed by atoms with van der Waals surface area (Å²) in [7, 11) is 4.01. The lowest BCUT2D eigenvalue weighted by atomic mass is 10.2. The molecule has 1 amide bonds. The maximum Gasteiger partial charge on any atom is 0.238 e. The Kier molecular flexibility index (Phi) is 6.32. The van der Waals surface area contributed by atoms with Crippen LogP contribution in [0.2, 0.25) is 0 Å². The molecule has 0 atom stereocenters. The quantitative estimate of drug-likeness (QED) is 0.846. The fourth-order valence-electron chi connectivity index (χ4n) is 2.41. The Morgan fingerprint density at radius 3 is 2.42 bits per heavy atom. The van der Waals surface area contributed by atoms with Gasteiger partial charge in [-0.3, -0.25) is 9.69 Å². The topological polar surface area (TPSA) is 35.6 Å². The van der Waals surface area contributed by atoms with E-state index in [0.29, 0.717) is 12.2 Å². The summed E-state index contributed by atoms with van der Waals surface area (Å²) in [6.07, 6.45) is 0. The van der Waals surface area contributed by atoms with E-state index in [0.717, 1.165) is 17.8 Å². The van der Waals surface area contributed by atoms with Gasteiger partial charge in [0.1, 0.15) is 5.82 Å². The van der Waals surface area contributed by atoms with E-state index in [2.05, 4.69) is 29.6 Å². The molecule has 2 aromatic rings. The fourth-order valence-corrected chi connectivity index (χ4v) is 2.41. The lowest BCUT2D eigenvalue weighted by Crippen LogP contribution is -2.32. The number of rotatable bonds is 7. The van der Waals surface area contributed by atoms with Crippen molar-refractivity contribution in [1.29, 1.82) is 0 Å². The average Bonchev–Trinajstić information content (AvgIpc) is 2.54. The van der Waals surface area contributed by atoms with Crippen molar-refractivity contribution < 1.29 is 9.18 Å². The molecule has 0 radical (unpaired) electrons. The Morgan fingerprint density at radius 1 is 1.12 bits per heavy atom. The van der Waals surface area contributed by atoms with E-state index in [-0.39, 0.29) is 18.3 Å². The van der Waals surface area contributed by atoms with Gasteiger partial charge in [-0.1, -0.05) is 25.1 Å². The Morgan fingerprint density at radius 2 is 1.83 bits per heavy atom. The fraction of sp³-hybridized carbons (Fsp3) is 0.316. The molecule has 24 heavy (non-hydrogen) atoms. The standard InChI is InChI=1S/C19H24FN3O/c1-4-23(13-15-8-10-18(11-9-15)22(2)3)14-19(24)21-17-7-5-6-16(20)12-17/h5-12H,4,13-14H2,1-3H3,(H,21,24). The summed E-state index contributed by atoms with van der Waals surface area (Å²) >= 11 is 0. The normalized spacial score (nSPS) is 10.7. The van der Waals surface area contributed by atoms with Crippen LogP contribution in [0.25, 0.3) is 0 Å². The maximum absolute atomic E-state index is 13.2. The maximum atomic E-state index is 13.2. The molecule has 0 aliphatic heterocycles. The van der Waals surface area contributed by atoms with Crippen molar-refractivity contribution in [3.8, 4) is 0 Å². The molecule has 0 bridgehead atoms. The minimum absolute atomic E-state index is 0.146. The SMILES string of the molecule is CCN(CC(=O)Nc1cccc(F)c1)Cc1ccc(N(C)C)cc1. The molecule has 5 heteroatoms. The molecular weight excluding hydrogens is 305 g/mol. The number of nitrogens with one attached hydrogen (secondary N) is 1. The Labute approximate surface area is 142 Å². The Bertz CT molecular complexity index is 671. The van der Waals surface area contributed by atoms with E-state index in [1.165, 1.54) is 12.1 Å². The average molecular weight is 329 g/mol. The Hall–Kier alpha value is -2.40. The Balaban J connectivity index is 1.92. The molecule has 2 rings (SSSR count). The van der Waals surface area contributed by atoms with Crippen LogP contribution in [0.5, 0.6) is 0 Å². The van der Waals surface area contributed by atoms with Crippen LogP contribution >= 0.6 is 0 Å². The van der Waals surface area contributed by atoms with Crippen LogP contribution < -0.4 is 10.2 Å². The first-order valence-electron chi connectivity index (χ1n) is 8.02. The minimum atomic E-state index is -0.360. The highest BCUT2D eigenvalue weighted by atomic mass is 19.1. The van der Waals surface area contributed by atoms with Crippen LogP contribution in [0.15, 0.2) is 48.5 Å². The number of carbonyl (C=O) groups is 1. The van der Waals surface area contributed by atoms with E-state index in [1.807, 2.05) is 30.8 Å². The lowest BCUT2D eigenvalue weighted by molar-refractivity contribution is -0.117. The molecule has 4 nitrogen and oxygen atoms in total. The predicted octanol–water partition coefficient (Wildman–Crippen LogP) is 3.35. The van der Waals surface area contributed by atoms with E-state index in [9.17, 15) is 9.18 Å². The second-order valence-corrected chi connectivity index (χ2v) is 5.92. The number of anilines is 2. The third-order valence-corrected chi connectivity index (χ3v) is 3.78. The molecule has 0 spiro atoms. The van der Waals surface area contributed by atoms with Crippen LogP contribution in [0.1, 0.15) is 12.5 Å². The van der Waals surface area contributed by atoms with Crippen molar-refractivity contribution in [2.45, 2.75) is 13.5 Å². The van der Waals surface area contributed by atoms with Crippen molar-refractivity contribution in [3.63, 3.8) is 0 Å².